The van der Waals surface area contributed by atoms with Gasteiger partial charge in [0.05, 0.1) is 18.3 Å². The van der Waals surface area contributed by atoms with Crippen molar-refractivity contribution in [3.63, 3.8) is 0 Å². The molecule has 1 aliphatic heterocycles. The van der Waals surface area contributed by atoms with E-state index >= 15 is 0 Å². The average molecular weight is 241 g/mol. The first-order valence-electron chi connectivity index (χ1n) is 4.65. The number of carbonyl (C=O) groups is 2. The van der Waals surface area contributed by atoms with Gasteiger partial charge in [0.1, 0.15) is 5.15 Å². The molecule has 7 heteroatoms. The SMILES string of the molecule is NC(=O)C1CC(=O)N(c2cncc(Cl)n2)C1. The molecule has 0 saturated carbocycles. The van der Waals surface area contributed by atoms with Gasteiger partial charge in [-0.25, -0.2) is 4.98 Å². The van der Waals surface area contributed by atoms with E-state index in [0.717, 1.165) is 0 Å². The van der Waals surface area contributed by atoms with Gasteiger partial charge >= 0.3 is 0 Å². The molecule has 1 unspecified atom stereocenters. The van der Waals surface area contributed by atoms with Gasteiger partial charge in [0.25, 0.3) is 0 Å². The van der Waals surface area contributed by atoms with E-state index in [4.69, 9.17) is 17.3 Å². The van der Waals surface area contributed by atoms with Crippen LogP contribution >= 0.6 is 11.6 Å². The Labute approximate surface area is 96.4 Å². The zero-order valence-corrected chi connectivity index (χ0v) is 9.02. The third kappa shape index (κ3) is 1.96. The minimum atomic E-state index is -0.481. The fourth-order valence-corrected chi connectivity index (χ4v) is 1.73. The van der Waals surface area contributed by atoms with Crippen molar-refractivity contribution in [1.82, 2.24) is 9.97 Å². The maximum absolute atomic E-state index is 11.6. The summed E-state index contributed by atoms with van der Waals surface area (Å²) in [6, 6.07) is 0. The van der Waals surface area contributed by atoms with Crippen LogP contribution in [0.15, 0.2) is 12.4 Å². The average Bonchev–Trinajstić information content (AvgIpc) is 2.60. The maximum atomic E-state index is 11.6. The molecule has 2 heterocycles. The summed E-state index contributed by atoms with van der Waals surface area (Å²) in [6.07, 6.45) is 2.91. The van der Waals surface area contributed by atoms with Gasteiger partial charge in [0.15, 0.2) is 5.82 Å². The van der Waals surface area contributed by atoms with Crippen LogP contribution in [0.2, 0.25) is 5.15 Å². The Bertz CT molecular complexity index is 451. The van der Waals surface area contributed by atoms with Gasteiger partial charge in [-0.15, -0.1) is 0 Å². The maximum Gasteiger partial charge on any atom is 0.229 e. The number of hydrogen-bond acceptors (Lipinski definition) is 4. The highest BCUT2D eigenvalue weighted by Crippen LogP contribution is 2.23. The number of nitrogens with two attached hydrogens (primary N) is 1. The van der Waals surface area contributed by atoms with Crippen molar-refractivity contribution >= 4 is 29.2 Å². The van der Waals surface area contributed by atoms with Crippen molar-refractivity contribution in [2.75, 3.05) is 11.4 Å². The molecule has 16 heavy (non-hydrogen) atoms. The molecule has 84 valence electrons. The highest BCUT2D eigenvalue weighted by molar-refractivity contribution is 6.29. The van der Waals surface area contributed by atoms with Crippen LogP contribution in [0.4, 0.5) is 5.82 Å². The molecule has 1 fully saturated rings. The van der Waals surface area contributed by atoms with Crippen molar-refractivity contribution in [1.29, 1.82) is 0 Å². The highest BCUT2D eigenvalue weighted by atomic mass is 35.5. The minimum Gasteiger partial charge on any atom is -0.369 e. The fraction of sp³-hybridized carbons (Fsp3) is 0.333. The summed E-state index contributed by atoms with van der Waals surface area (Å²) in [6.45, 7) is 0.239. The lowest BCUT2D eigenvalue weighted by Gasteiger charge is -2.14. The molecular formula is C9H9ClN4O2. The van der Waals surface area contributed by atoms with E-state index in [0.29, 0.717) is 5.82 Å². The van der Waals surface area contributed by atoms with Gasteiger partial charge in [-0.3, -0.25) is 19.5 Å². The summed E-state index contributed by atoms with van der Waals surface area (Å²) in [7, 11) is 0. The number of aromatic nitrogens is 2. The molecule has 2 amide bonds. The van der Waals surface area contributed by atoms with E-state index in [2.05, 4.69) is 9.97 Å². The lowest BCUT2D eigenvalue weighted by Crippen LogP contribution is -2.29. The second-order valence-corrected chi connectivity index (χ2v) is 3.90. The molecule has 1 aromatic heterocycles. The van der Waals surface area contributed by atoms with Crippen LogP contribution in [0, 0.1) is 5.92 Å². The van der Waals surface area contributed by atoms with Crippen LogP contribution in [0.5, 0.6) is 0 Å². The highest BCUT2D eigenvalue weighted by Gasteiger charge is 2.34. The third-order valence-corrected chi connectivity index (χ3v) is 2.58. The van der Waals surface area contributed by atoms with E-state index in [1.807, 2.05) is 0 Å². The molecule has 0 bridgehead atoms. The van der Waals surface area contributed by atoms with Crippen LogP contribution in [0.1, 0.15) is 6.42 Å². The molecule has 0 aliphatic carbocycles. The minimum absolute atomic E-state index is 0.115. The van der Waals surface area contributed by atoms with E-state index < -0.39 is 11.8 Å². The number of amides is 2. The molecule has 0 aromatic carbocycles. The Balaban J connectivity index is 2.23. The molecule has 1 aromatic rings. The molecule has 1 atom stereocenters. The molecule has 1 aliphatic rings. The predicted octanol–water partition coefficient (Wildman–Crippen LogP) is -0.0318. The summed E-state index contributed by atoms with van der Waals surface area (Å²) in [5.41, 5.74) is 5.15. The number of hydrogen-bond donors (Lipinski definition) is 1. The van der Waals surface area contributed by atoms with E-state index in [9.17, 15) is 9.59 Å². The predicted molar refractivity (Wildman–Crippen MR) is 56.7 cm³/mol. The zero-order chi connectivity index (χ0) is 11.7. The summed E-state index contributed by atoms with van der Waals surface area (Å²) < 4.78 is 0. The van der Waals surface area contributed by atoms with Gasteiger partial charge in [0.2, 0.25) is 11.8 Å². The third-order valence-electron chi connectivity index (χ3n) is 2.40. The molecule has 0 spiro atoms. The molecule has 0 radical (unpaired) electrons. The number of halogens is 1. The van der Waals surface area contributed by atoms with Crippen molar-refractivity contribution in [2.45, 2.75) is 6.42 Å². The van der Waals surface area contributed by atoms with Gasteiger partial charge in [-0.05, 0) is 0 Å². The molecule has 2 N–H and O–H groups in total. The Morgan fingerprint density at radius 2 is 2.31 bits per heavy atom. The van der Waals surface area contributed by atoms with Crippen molar-refractivity contribution < 1.29 is 9.59 Å². The van der Waals surface area contributed by atoms with Crippen LogP contribution < -0.4 is 10.6 Å². The number of carbonyl (C=O) groups excluding carboxylic acids is 2. The Morgan fingerprint density at radius 1 is 1.56 bits per heavy atom. The first-order chi connectivity index (χ1) is 7.58. The van der Waals surface area contributed by atoms with Gasteiger partial charge in [-0.2, -0.15) is 0 Å². The monoisotopic (exact) mass is 240 g/mol. The number of anilines is 1. The largest absolute Gasteiger partial charge is 0.369 e. The van der Waals surface area contributed by atoms with Crippen LogP contribution in [0.3, 0.4) is 0 Å². The van der Waals surface area contributed by atoms with Crippen LogP contribution in [-0.4, -0.2) is 28.3 Å². The van der Waals surface area contributed by atoms with Crippen molar-refractivity contribution in [3.8, 4) is 0 Å². The van der Waals surface area contributed by atoms with Crippen molar-refractivity contribution in [3.05, 3.63) is 17.5 Å². The lowest BCUT2D eigenvalue weighted by atomic mass is 10.1. The van der Waals surface area contributed by atoms with E-state index in [1.54, 1.807) is 0 Å². The Kier molecular flexibility index (Phi) is 2.74. The Morgan fingerprint density at radius 3 is 2.88 bits per heavy atom. The standard InChI is InChI=1S/C9H9ClN4O2/c10-6-2-12-3-7(13-6)14-4-5(9(11)16)1-8(14)15/h2-3,5H,1,4H2,(H2,11,16). The normalized spacial score (nSPS) is 20.2. The van der Waals surface area contributed by atoms with Gasteiger partial charge < -0.3 is 5.73 Å². The summed E-state index contributed by atoms with van der Waals surface area (Å²) in [5, 5.41) is 0.202. The number of primary amides is 1. The fourth-order valence-electron chi connectivity index (χ4n) is 1.58. The first-order valence-corrected chi connectivity index (χ1v) is 5.03. The second-order valence-electron chi connectivity index (χ2n) is 3.51. The lowest BCUT2D eigenvalue weighted by molar-refractivity contribution is -0.123. The smallest absolute Gasteiger partial charge is 0.229 e. The summed E-state index contributed by atoms with van der Waals surface area (Å²) in [5.74, 6) is -0.791. The Hall–Kier alpha value is -1.69. The van der Waals surface area contributed by atoms with E-state index in [-0.39, 0.29) is 24.0 Å². The number of rotatable bonds is 2. The quantitative estimate of drug-likeness (QED) is 0.786. The topological polar surface area (TPSA) is 89.2 Å². The summed E-state index contributed by atoms with van der Waals surface area (Å²) in [4.78, 5) is 31.7. The second kappa shape index (κ2) is 4.05. The van der Waals surface area contributed by atoms with Crippen LogP contribution in [-0.2, 0) is 9.59 Å². The number of nitrogens with zero attached hydrogens (tertiary/aromatic N) is 3. The molecule has 6 nitrogen and oxygen atoms in total. The zero-order valence-electron chi connectivity index (χ0n) is 8.26. The van der Waals surface area contributed by atoms with E-state index in [1.165, 1.54) is 17.3 Å². The van der Waals surface area contributed by atoms with Gasteiger partial charge in [0, 0.05) is 13.0 Å². The first kappa shape index (κ1) is 10.8. The van der Waals surface area contributed by atoms with Crippen LogP contribution in [0.25, 0.3) is 0 Å². The van der Waals surface area contributed by atoms with Gasteiger partial charge in [-0.1, -0.05) is 11.6 Å². The summed E-state index contributed by atoms with van der Waals surface area (Å²) >= 11 is 5.67. The molecule has 2 rings (SSSR count). The molecular weight excluding hydrogens is 232 g/mol. The van der Waals surface area contributed by atoms with Crippen molar-refractivity contribution in [2.24, 2.45) is 11.7 Å². The molecule has 1 saturated heterocycles.